The van der Waals surface area contributed by atoms with Crippen molar-refractivity contribution in [2.45, 2.75) is 50.6 Å². The van der Waals surface area contributed by atoms with E-state index >= 15 is 8.78 Å². The molecule has 5 rings (SSSR count). The molecular formula is C38H45Cl3F2N6O3. The Bertz CT molecular complexity index is 1810. The van der Waals surface area contributed by atoms with Gasteiger partial charge >= 0.3 is 0 Å². The molecule has 2 fully saturated rings. The summed E-state index contributed by atoms with van der Waals surface area (Å²) in [5.74, 6) is -3.48. The van der Waals surface area contributed by atoms with Crippen LogP contribution in [0.15, 0.2) is 54.6 Å². The first kappa shape index (κ1) is 41.3. The predicted octanol–water partition coefficient (Wildman–Crippen LogP) is 6.64. The molecule has 0 aromatic heterocycles. The van der Waals surface area contributed by atoms with Crippen LogP contribution in [0.3, 0.4) is 0 Å². The highest BCUT2D eigenvalue weighted by atomic mass is 35.5. The SMILES string of the molecule is COc1cc(C(=O)NCCN2CCN(C)CC2)ccc1NC(=O)[C@@H]1N[C@@H](CC(C)(C)C)[C@](C#N)(c2ccc(Cl)cc2F)[C@H]1c1cccc(Cl)c1F.Cl. The molecule has 2 amide bonds. The van der Waals surface area contributed by atoms with Crippen LogP contribution in [0.1, 0.15) is 54.6 Å². The van der Waals surface area contributed by atoms with Gasteiger partial charge in [-0.15, -0.1) is 12.4 Å². The first-order valence-corrected chi connectivity index (χ1v) is 17.7. The minimum Gasteiger partial charge on any atom is -0.495 e. The van der Waals surface area contributed by atoms with Crippen LogP contribution in [0, 0.1) is 28.4 Å². The number of ether oxygens (including phenoxy) is 1. The lowest BCUT2D eigenvalue weighted by atomic mass is 9.62. The van der Waals surface area contributed by atoms with Crippen molar-refractivity contribution in [3.63, 3.8) is 0 Å². The van der Waals surface area contributed by atoms with Crippen LogP contribution in [0.5, 0.6) is 5.75 Å². The average Bonchev–Trinajstić information content (AvgIpc) is 3.39. The summed E-state index contributed by atoms with van der Waals surface area (Å²) in [7, 11) is 3.51. The van der Waals surface area contributed by atoms with Gasteiger partial charge in [0, 0.05) is 67.4 Å². The summed E-state index contributed by atoms with van der Waals surface area (Å²) in [6.07, 6.45) is 0.326. The number of benzene rings is 3. The van der Waals surface area contributed by atoms with Gasteiger partial charge in [0.05, 0.1) is 29.9 Å². The van der Waals surface area contributed by atoms with Crippen LogP contribution in [-0.4, -0.2) is 87.1 Å². The molecule has 280 valence electrons. The smallest absolute Gasteiger partial charge is 0.251 e. The first-order chi connectivity index (χ1) is 24.2. The van der Waals surface area contributed by atoms with Gasteiger partial charge < -0.3 is 25.6 Å². The summed E-state index contributed by atoms with van der Waals surface area (Å²) in [5, 5.41) is 20.1. The Kier molecular flexibility index (Phi) is 13.6. The van der Waals surface area contributed by atoms with Gasteiger partial charge in [-0.05, 0) is 60.8 Å². The van der Waals surface area contributed by atoms with E-state index in [1.807, 2.05) is 20.8 Å². The van der Waals surface area contributed by atoms with Gasteiger partial charge in [-0.1, -0.05) is 62.2 Å². The molecule has 0 aliphatic carbocycles. The third-order valence-corrected chi connectivity index (χ3v) is 10.3. The third kappa shape index (κ3) is 8.82. The lowest BCUT2D eigenvalue weighted by molar-refractivity contribution is -0.118. The summed E-state index contributed by atoms with van der Waals surface area (Å²) in [5.41, 5.74) is -1.60. The maximum Gasteiger partial charge on any atom is 0.251 e. The molecule has 2 heterocycles. The summed E-state index contributed by atoms with van der Waals surface area (Å²) in [6.45, 7) is 10.9. The predicted molar refractivity (Wildman–Crippen MR) is 203 cm³/mol. The van der Waals surface area contributed by atoms with Crippen molar-refractivity contribution < 1.29 is 23.1 Å². The zero-order valence-electron chi connectivity index (χ0n) is 29.9. The van der Waals surface area contributed by atoms with Crippen molar-refractivity contribution in [2.24, 2.45) is 5.41 Å². The fourth-order valence-corrected chi connectivity index (χ4v) is 7.54. The summed E-state index contributed by atoms with van der Waals surface area (Å²) in [4.78, 5) is 32.0. The van der Waals surface area contributed by atoms with Gasteiger partial charge in [-0.25, -0.2) is 8.78 Å². The number of nitrogens with one attached hydrogen (secondary N) is 3. The van der Waals surface area contributed by atoms with E-state index in [1.165, 1.54) is 43.5 Å². The molecule has 0 unspecified atom stereocenters. The molecule has 2 aliphatic rings. The number of rotatable bonds is 10. The second-order valence-corrected chi connectivity index (χ2v) is 15.3. The molecular weight excluding hydrogens is 733 g/mol. The quantitative estimate of drug-likeness (QED) is 0.212. The number of amides is 2. The van der Waals surface area contributed by atoms with Crippen LogP contribution < -0.4 is 20.7 Å². The molecule has 0 bridgehead atoms. The molecule has 0 radical (unpaired) electrons. The zero-order chi connectivity index (χ0) is 37.1. The third-order valence-electron chi connectivity index (χ3n) is 9.76. The van der Waals surface area contributed by atoms with Crippen molar-refractivity contribution in [3.05, 3.63) is 93.0 Å². The summed E-state index contributed by atoms with van der Waals surface area (Å²) < 4.78 is 37.5. The summed E-state index contributed by atoms with van der Waals surface area (Å²) in [6, 6.07) is 13.3. The number of methoxy groups -OCH3 is 1. The van der Waals surface area contributed by atoms with Gasteiger partial charge in [-0.2, -0.15) is 5.26 Å². The number of carbonyl (C=O) groups excluding carboxylic acids is 2. The molecule has 3 aromatic rings. The molecule has 4 atom stereocenters. The van der Waals surface area contributed by atoms with E-state index < -0.39 is 46.4 Å². The minimum atomic E-state index is -1.77. The second-order valence-electron chi connectivity index (χ2n) is 14.5. The van der Waals surface area contributed by atoms with E-state index in [0.29, 0.717) is 18.5 Å². The molecule has 2 aliphatic heterocycles. The monoisotopic (exact) mass is 776 g/mol. The largest absolute Gasteiger partial charge is 0.495 e. The molecule has 52 heavy (non-hydrogen) atoms. The molecule has 2 saturated heterocycles. The van der Waals surface area contributed by atoms with Crippen LogP contribution in [0.2, 0.25) is 10.0 Å². The van der Waals surface area contributed by atoms with E-state index in [1.54, 1.807) is 12.1 Å². The van der Waals surface area contributed by atoms with E-state index in [9.17, 15) is 14.9 Å². The molecule has 3 N–H and O–H groups in total. The topological polar surface area (TPSA) is 110 Å². The summed E-state index contributed by atoms with van der Waals surface area (Å²) >= 11 is 12.4. The number of hydrogen-bond donors (Lipinski definition) is 3. The molecule has 0 spiro atoms. The van der Waals surface area contributed by atoms with Crippen LogP contribution in [0.25, 0.3) is 0 Å². The average molecular weight is 778 g/mol. The Balaban J connectivity index is 0.00000605. The maximum atomic E-state index is 16.0. The number of nitrogens with zero attached hydrogens (tertiary/aromatic N) is 3. The van der Waals surface area contributed by atoms with E-state index in [4.69, 9.17) is 27.9 Å². The van der Waals surface area contributed by atoms with Crippen molar-refractivity contribution in [3.8, 4) is 11.8 Å². The molecule has 9 nitrogen and oxygen atoms in total. The van der Waals surface area contributed by atoms with Gasteiger partial charge in [0.1, 0.15) is 22.8 Å². The Morgan fingerprint density at radius 3 is 2.42 bits per heavy atom. The van der Waals surface area contributed by atoms with E-state index in [-0.39, 0.29) is 50.9 Å². The number of carbonyl (C=O) groups is 2. The standard InChI is InChI=1S/C38H44Cl2F2N6O3.ClH/c1-37(2,3)21-31-38(22-43,26-11-10-24(39)20-28(26)41)32(25-7-6-8-27(40)33(25)42)34(46-31)36(50)45-29-12-9-23(19-30(29)51-5)35(49)44-13-14-48-17-15-47(4)16-18-48;/h6-12,19-20,31-32,34,46H,13-18,21H2,1-5H3,(H,44,49)(H,45,50);1H/t31-,32-,34+,38-;/m0./s1. The van der Waals surface area contributed by atoms with E-state index in [0.717, 1.165) is 38.8 Å². The minimum absolute atomic E-state index is 0. The zero-order valence-corrected chi connectivity index (χ0v) is 32.2. The Labute approximate surface area is 320 Å². The molecule has 0 saturated carbocycles. The van der Waals surface area contributed by atoms with Crippen LogP contribution in [0.4, 0.5) is 14.5 Å². The van der Waals surface area contributed by atoms with Gasteiger partial charge in [-0.3, -0.25) is 14.5 Å². The van der Waals surface area contributed by atoms with Crippen LogP contribution >= 0.6 is 35.6 Å². The Hall–Kier alpha value is -3.50. The van der Waals surface area contributed by atoms with E-state index in [2.05, 4.69) is 38.9 Å². The van der Waals surface area contributed by atoms with Crippen molar-refractivity contribution >= 4 is 53.1 Å². The number of halogens is 5. The number of hydrogen-bond acceptors (Lipinski definition) is 7. The molecule has 14 heteroatoms. The fourth-order valence-electron chi connectivity index (χ4n) is 7.20. The lowest BCUT2D eigenvalue weighted by Gasteiger charge is -2.37. The maximum absolute atomic E-state index is 16.0. The van der Waals surface area contributed by atoms with Crippen molar-refractivity contribution in [1.29, 1.82) is 5.26 Å². The second kappa shape index (κ2) is 17.1. The number of anilines is 1. The van der Waals surface area contributed by atoms with Crippen LogP contribution in [-0.2, 0) is 10.2 Å². The number of likely N-dealkylation sites (N-methyl/N-ethyl adjacent to an activating group) is 1. The van der Waals surface area contributed by atoms with Gasteiger partial charge in [0.25, 0.3) is 5.91 Å². The first-order valence-electron chi connectivity index (χ1n) is 16.9. The number of piperazine rings is 1. The van der Waals surface area contributed by atoms with Gasteiger partial charge in [0.15, 0.2) is 0 Å². The Morgan fingerprint density at radius 2 is 1.79 bits per heavy atom. The highest BCUT2D eigenvalue weighted by molar-refractivity contribution is 6.31. The highest BCUT2D eigenvalue weighted by Crippen LogP contribution is 2.53. The normalized spacial score (nSPS) is 22.3. The van der Waals surface area contributed by atoms with Crippen molar-refractivity contribution in [1.82, 2.24) is 20.4 Å². The molecule has 3 aromatic carbocycles. The fraction of sp³-hybridized carbons (Fsp3) is 0.447. The van der Waals surface area contributed by atoms with Crippen molar-refractivity contribution in [2.75, 3.05) is 58.7 Å². The van der Waals surface area contributed by atoms with Gasteiger partial charge in [0.2, 0.25) is 5.91 Å². The Morgan fingerprint density at radius 1 is 1.08 bits per heavy atom. The highest BCUT2D eigenvalue weighted by Gasteiger charge is 2.61. The number of nitriles is 1. The lowest BCUT2D eigenvalue weighted by Crippen LogP contribution is -2.46.